The van der Waals surface area contributed by atoms with Gasteiger partial charge in [-0.15, -0.1) is 0 Å². The summed E-state index contributed by atoms with van der Waals surface area (Å²) in [6.07, 6.45) is 0. The number of rotatable bonds is 5. The van der Waals surface area contributed by atoms with E-state index in [1.165, 1.54) is 36.4 Å². The van der Waals surface area contributed by atoms with Crippen molar-refractivity contribution in [2.75, 3.05) is 11.9 Å². The summed E-state index contributed by atoms with van der Waals surface area (Å²) in [4.78, 5) is 24.0. The lowest BCUT2D eigenvalue weighted by atomic mass is 10.1. The first kappa shape index (κ1) is 19.5. The zero-order valence-corrected chi connectivity index (χ0v) is 15.4. The number of nitrogens with two attached hydrogens (primary N) is 1. The van der Waals surface area contributed by atoms with Gasteiger partial charge in [-0.3, -0.25) is 4.79 Å². The van der Waals surface area contributed by atoms with E-state index in [-0.39, 0.29) is 21.9 Å². The minimum absolute atomic E-state index is 0.0636. The topological polar surface area (TPSA) is 129 Å². The molecule has 0 saturated carbocycles. The van der Waals surface area contributed by atoms with Crippen molar-refractivity contribution in [1.82, 2.24) is 0 Å². The second kappa shape index (κ2) is 7.41. The molecule has 146 valence electrons. The van der Waals surface area contributed by atoms with Gasteiger partial charge in [0.05, 0.1) is 4.90 Å². The zero-order valence-electron chi connectivity index (χ0n) is 14.6. The Balaban J connectivity index is 1.64. The third-order valence-electron chi connectivity index (χ3n) is 3.90. The molecule has 0 atom stereocenters. The number of ether oxygens (including phenoxy) is 1. The van der Waals surface area contributed by atoms with Crippen molar-refractivity contribution in [3.8, 4) is 0 Å². The van der Waals surface area contributed by atoms with Crippen LogP contribution in [0.15, 0.2) is 51.8 Å². The molecule has 0 radical (unpaired) electrons. The molecule has 1 heterocycles. The SMILES string of the molecule is Cc1c(C(=O)OCC(=O)Nc2ccc(S(N)(=O)=O)cc2)oc2c(F)cccc12. The number of primary sulfonamides is 1. The molecule has 0 aliphatic rings. The van der Waals surface area contributed by atoms with Crippen molar-refractivity contribution in [3.63, 3.8) is 0 Å². The number of carbonyl (C=O) groups is 2. The smallest absolute Gasteiger partial charge is 0.375 e. The first-order chi connectivity index (χ1) is 13.2. The van der Waals surface area contributed by atoms with Gasteiger partial charge >= 0.3 is 5.97 Å². The fourth-order valence-electron chi connectivity index (χ4n) is 2.53. The Kier molecular flexibility index (Phi) is 5.16. The lowest BCUT2D eigenvalue weighted by molar-refractivity contribution is -0.119. The van der Waals surface area contributed by atoms with Crippen LogP contribution in [0.25, 0.3) is 11.0 Å². The number of aryl methyl sites for hydroxylation is 1. The first-order valence-electron chi connectivity index (χ1n) is 7.94. The number of carbonyl (C=O) groups excluding carboxylic acids is 2. The van der Waals surface area contributed by atoms with Crippen LogP contribution in [-0.4, -0.2) is 26.9 Å². The molecule has 0 fully saturated rings. The summed E-state index contributed by atoms with van der Waals surface area (Å²) in [7, 11) is -3.84. The number of para-hydroxylation sites is 1. The van der Waals surface area contributed by atoms with Gasteiger partial charge in [-0.05, 0) is 37.3 Å². The number of furan rings is 1. The number of anilines is 1. The van der Waals surface area contributed by atoms with Gasteiger partial charge in [-0.2, -0.15) is 0 Å². The van der Waals surface area contributed by atoms with E-state index in [1.807, 2.05) is 0 Å². The van der Waals surface area contributed by atoms with Gasteiger partial charge in [0, 0.05) is 16.6 Å². The van der Waals surface area contributed by atoms with Crippen molar-refractivity contribution in [3.05, 3.63) is 59.6 Å². The summed E-state index contributed by atoms with van der Waals surface area (Å²) >= 11 is 0. The summed E-state index contributed by atoms with van der Waals surface area (Å²) < 4.78 is 46.3. The van der Waals surface area contributed by atoms with Crippen molar-refractivity contribution < 1.29 is 31.6 Å². The highest BCUT2D eigenvalue weighted by Crippen LogP contribution is 2.27. The lowest BCUT2D eigenvalue weighted by Gasteiger charge is -2.06. The molecule has 3 aromatic rings. The van der Waals surface area contributed by atoms with E-state index in [9.17, 15) is 22.4 Å². The third-order valence-corrected chi connectivity index (χ3v) is 4.83. The predicted octanol–water partition coefficient (Wildman–Crippen LogP) is 2.32. The summed E-state index contributed by atoms with van der Waals surface area (Å²) in [5.41, 5.74) is 0.625. The number of hydrogen-bond donors (Lipinski definition) is 2. The van der Waals surface area contributed by atoms with Crippen molar-refractivity contribution in [2.45, 2.75) is 11.8 Å². The van der Waals surface area contributed by atoms with Gasteiger partial charge in [0.2, 0.25) is 15.8 Å². The third kappa shape index (κ3) is 4.02. The highest BCUT2D eigenvalue weighted by molar-refractivity contribution is 7.89. The Bertz CT molecular complexity index is 1170. The molecule has 3 N–H and O–H groups in total. The van der Waals surface area contributed by atoms with Crippen LogP contribution in [0.4, 0.5) is 10.1 Å². The zero-order chi connectivity index (χ0) is 20.5. The number of nitrogens with one attached hydrogen (secondary N) is 1. The Morgan fingerprint density at radius 3 is 2.46 bits per heavy atom. The lowest BCUT2D eigenvalue weighted by Crippen LogP contribution is -2.21. The second-order valence-electron chi connectivity index (χ2n) is 5.87. The van der Waals surface area contributed by atoms with Gasteiger partial charge in [0.1, 0.15) is 0 Å². The number of esters is 1. The molecule has 0 saturated heterocycles. The molecule has 8 nitrogen and oxygen atoms in total. The highest BCUT2D eigenvalue weighted by Gasteiger charge is 2.21. The van der Waals surface area contributed by atoms with E-state index in [2.05, 4.69) is 5.32 Å². The maximum Gasteiger partial charge on any atom is 0.375 e. The Hall–Kier alpha value is -3.24. The van der Waals surface area contributed by atoms with Crippen LogP contribution in [0.3, 0.4) is 0 Å². The van der Waals surface area contributed by atoms with Crippen LogP contribution in [-0.2, 0) is 19.6 Å². The van der Waals surface area contributed by atoms with E-state index in [0.29, 0.717) is 10.9 Å². The first-order valence-corrected chi connectivity index (χ1v) is 9.49. The molecule has 10 heteroatoms. The van der Waals surface area contributed by atoms with Gasteiger partial charge in [-0.25, -0.2) is 22.7 Å². The maximum atomic E-state index is 13.7. The predicted molar refractivity (Wildman–Crippen MR) is 97.6 cm³/mol. The molecule has 0 aliphatic heterocycles. The number of sulfonamides is 1. The van der Waals surface area contributed by atoms with Crippen LogP contribution in [0.1, 0.15) is 16.1 Å². The number of fused-ring (bicyclic) bond motifs is 1. The Morgan fingerprint density at radius 2 is 1.86 bits per heavy atom. The fraction of sp³-hybridized carbons (Fsp3) is 0.111. The summed E-state index contributed by atoms with van der Waals surface area (Å²) in [5.74, 6) is -2.37. The van der Waals surface area contributed by atoms with E-state index in [0.717, 1.165) is 0 Å². The monoisotopic (exact) mass is 406 g/mol. The second-order valence-corrected chi connectivity index (χ2v) is 7.43. The maximum absolute atomic E-state index is 13.7. The minimum Gasteiger partial charge on any atom is -0.450 e. The standard InChI is InChI=1S/C18H15FN2O6S/c1-10-13-3-2-4-14(19)17(13)27-16(10)18(23)26-9-15(22)21-11-5-7-12(8-6-11)28(20,24)25/h2-8H,9H2,1H3,(H,21,22)(H2,20,24,25). The van der Waals surface area contributed by atoms with E-state index >= 15 is 0 Å². The number of halogens is 1. The number of hydrogen-bond acceptors (Lipinski definition) is 6. The van der Waals surface area contributed by atoms with Crippen LogP contribution in [0, 0.1) is 12.7 Å². The summed E-state index contributed by atoms with van der Waals surface area (Å²) in [6, 6.07) is 9.43. The fourth-order valence-corrected chi connectivity index (χ4v) is 3.04. The number of benzene rings is 2. The highest BCUT2D eigenvalue weighted by atomic mass is 32.2. The van der Waals surface area contributed by atoms with Crippen LogP contribution < -0.4 is 10.5 Å². The van der Waals surface area contributed by atoms with Crippen LogP contribution in [0.5, 0.6) is 0 Å². The molecule has 1 aromatic heterocycles. The largest absolute Gasteiger partial charge is 0.450 e. The van der Waals surface area contributed by atoms with Gasteiger partial charge in [-0.1, -0.05) is 12.1 Å². The van der Waals surface area contributed by atoms with E-state index < -0.39 is 34.3 Å². The molecular formula is C18H15FN2O6S. The molecule has 28 heavy (non-hydrogen) atoms. The molecular weight excluding hydrogens is 391 g/mol. The summed E-state index contributed by atoms with van der Waals surface area (Å²) in [5, 5.41) is 7.86. The van der Waals surface area contributed by atoms with Crippen molar-refractivity contribution >= 4 is 38.6 Å². The molecule has 0 aliphatic carbocycles. The Labute approximate surface area is 159 Å². The van der Waals surface area contributed by atoms with Gasteiger partial charge in [0.25, 0.3) is 5.91 Å². The van der Waals surface area contributed by atoms with Crippen LogP contribution >= 0.6 is 0 Å². The van der Waals surface area contributed by atoms with Gasteiger partial charge < -0.3 is 14.5 Å². The minimum atomic E-state index is -3.84. The molecule has 3 rings (SSSR count). The van der Waals surface area contributed by atoms with Crippen LogP contribution in [0.2, 0.25) is 0 Å². The normalized spacial score (nSPS) is 11.4. The van der Waals surface area contributed by atoms with Crippen molar-refractivity contribution in [1.29, 1.82) is 0 Å². The molecule has 0 spiro atoms. The average molecular weight is 406 g/mol. The molecule has 2 aromatic carbocycles. The Morgan fingerprint density at radius 1 is 1.18 bits per heavy atom. The quantitative estimate of drug-likeness (QED) is 0.626. The molecule has 0 bridgehead atoms. The summed E-state index contributed by atoms with van der Waals surface area (Å²) in [6.45, 7) is 0.962. The molecule has 0 unspecified atom stereocenters. The van der Waals surface area contributed by atoms with E-state index in [4.69, 9.17) is 14.3 Å². The van der Waals surface area contributed by atoms with Gasteiger partial charge in [0.15, 0.2) is 18.0 Å². The number of amides is 1. The average Bonchev–Trinajstić information content (AvgIpc) is 2.98. The molecule has 1 amide bonds. The van der Waals surface area contributed by atoms with E-state index in [1.54, 1.807) is 13.0 Å². The van der Waals surface area contributed by atoms with Crippen molar-refractivity contribution in [2.24, 2.45) is 5.14 Å².